The lowest BCUT2D eigenvalue weighted by molar-refractivity contribution is 0.0922. The minimum atomic E-state index is -0.0227. The molecule has 0 radical (unpaired) electrons. The Balaban J connectivity index is 1.53. The predicted octanol–water partition coefficient (Wildman–Crippen LogP) is 2.85. The molecule has 3 aliphatic rings. The van der Waals surface area contributed by atoms with Crippen LogP contribution in [0.25, 0.3) is 10.9 Å². The van der Waals surface area contributed by atoms with Crippen molar-refractivity contribution in [3.8, 4) is 5.75 Å². The molecular weight excluding hydrogens is 326 g/mol. The lowest BCUT2D eigenvalue weighted by Crippen LogP contribution is -2.45. The number of nitrogens with one attached hydrogen (secondary N) is 2. The fraction of sp³-hybridized carbons (Fsp3) is 0.524. The predicted molar refractivity (Wildman–Crippen MR) is 101 cm³/mol. The zero-order valence-corrected chi connectivity index (χ0v) is 15.5. The Labute approximate surface area is 153 Å². The van der Waals surface area contributed by atoms with Crippen molar-refractivity contribution in [1.29, 1.82) is 0 Å². The van der Waals surface area contributed by atoms with Gasteiger partial charge in [0.2, 0.25) is 0 Å². The zero-order valence-electron chi connectivity index (χ0n) is 15.5. The Hall–Kier alpha value is -2.14. The number of fused-ring (bicyclic) bond motifs is 3. The summed E-state index contributed by atoms with van der Waals surface area (Å²) in [7, 11) is 1.64. The molecule has 4 unspecified atom stereocenters. The van der Waals surface area contributed by atoms with E-state index in [1.54, 1.807) is 13.3 Å². The highest BCUT2D eigenvalue weighted by Crippen LogP contribution is 2.51. The molecule has 0 bridgehead atoms. The molecule has 5 heteroatoms. The maximum atomic E-state index is 13.2. The number of aromatic nitrogens is 1. The monoisotopic (exact) mass is 351 g/mol. The molecule has 1 aromatic carbocycles. The van der Waals surface area contributed by atoms with Gasteiger partial charge in [0.25, 0.3) is 5.91 Å². The van der Waals surface area contributed by atoms with Gasteiger partial charge in [0.1, 0.15) is 5.75 Å². The third kappa shape index (κ3) is 2.49. The highest BCUT2D eigenvalue weighted by molar-refractivity contribution is 6.07. The van der Waals surface area contributed by atoms with Crippen molar-refractivity contribution in [3.05, 3.63) is 35.5 Å². The van der Waals surface area contributed by atoms with Crippen molar-refractivity contribution in [1.82, 2.24) is 15.6 Å². The van der Waals surface area contributed by atoms with E-state index in [2.05, 4.69) is 29.5 Å². The average molecular weight is 351 g/mol. The molecule has 136 valence electrons. The van der Waals surface area contributed by atoms with Crippen molar-refractivity contribution >= 4 is 16.8 Å². The van der Waals surface area contributed by atoms with Crippen LogP contribution < -0.4 is 15.4 Å². The van der Waals surface area contributed by atoms with Gasteiger partial charge in [0.05, 0.1) is 18.2 Å². The maximum Gasteiger partial charge on any atom is 0.253 e. The van der Waals surface area contributed by atoms with Crippen LogP contribution in [0.2, 0.25) is 0 Å². The van der Waals surface area contributed by atoms with Gasteiger partial charge in [0, 0.05) is 29.7 Å². The number of nitrogens with zero attached hydrogens (tertiary/aromatic N) is 1. The van der Waals surface area contributed by atoms with Crippen molar-refractivity contribution in [2.75, 3.05) is 7.11 Å². The molecule has 1 saturated heterocycles. The van der Waals surface area contributed by atoms with Crippen LogP contribution in [0.4, 0.5) is 0 Å². The summed E-state index contributed by atoms with van der Waals surface area (Å²) in [4.78, 5) is 17.7. The fourth-order valence-corrected chi connectivity index (χ4v) is 4.69. The number of pyridine rings is 1. The van der Waals surface area contributed by atoms with E-state index in [-0.39, 0.29) is 5.91 Å². The number of carbonyl (C=O) groups is 1. The first-order valence-corrected chi connectivity index (χ1v) is 9.60. The number of methoxy groups -OCH3 is 1. The second kappa shape index (κ2) is 5.68. The van der Waals surface area contributed by atoms with Crippen molar-refractivity contribution < 1.29 is 9.53 Å². The number of benzene rings is 1. The Morgan fingerprint density at radius 1 is 1.27 bits per heavy atom. The van der Waals surface area contributed by atoms with Crippen LogP contribution in [0.15, 0.2) is 24.4 Å². The Morgan fingerprint density at radius 3 is 2.65 bits per heavy atom. The smallest absolute Gasteiger partial charge is 0.253 e. The quantitative estimate of drug-likeness (QED) is 0.889. The van der Waals surface area contributed by atoms with Gasteiger partial charge >= 0.3 is 0 Å². The SMILES string of the molecule is COc1cc(C(=O)NC2C3CC3NC3CC32)c2nccc(C(C)C)c2c1. The molecule has 1 amide bonds. The number of carbonyl (C=O) groups excluding carboxylic acids is 1. The number of amides is 1. The molecular formula is C21H25N3O2. The molecule has 1 aromatic heterocycles. The van der Waals surface area contributed by atoms with E-state index in [1.165, 1.54) is 18.4 Å². The normalized spacial score (nSPS) is 31.3. The lowest BCUT2D eigenvalue weighted by Gasteiger charge is -2.23. The summed E-state index contributed by atoms with van der Waals surface area (Å²) in [5.41, 5.74) is 2.58. The minimum Gasteiger partial charge on any atom is -0.497 e. The lowest BCUT2D eigenvalue weighted by atomic mass is 9.96. The van der Waals surface area contributed by atoms with Crippen molar-refractivity contribution in [2.45, 2.75) is 50.7 Å². The number of piperidine rings is 1. The molecule has 1 aliphatic heterocycles. The van der Waals surface area contributed by atoms with Gasteiger partial charge in [-0.15, -0.1) is 0 Å². The second-order valence-electron chi connectivity index (χ2n) is 8.30. The zero-order chi connectivity index (χ0) is 18.0. The average Bonchev–Trinajstić information content (AvgIpc) is 3.54. The Kier molecular flexibility index (Phi) is 3.51. The first-order valence-electron chi connectivity index (χ1n) is 9.60. The molecule has 26 heavy (non-hydrogen) atoms. The van der Waals surface area contributed by atoms with Crippen LogP contribution in [-0.2, 0) is 0 Å². The van der Waals surface area contributed by atoms with Crippen LogP contribution >= 0.6 is 0 Å². The van der Waals surface area contributed by atoms with E-state index < -0.39 is 0 Å². The largest absolute Gasteiger partial charge is 0.497 e. The van der Waals surface area contributed by atoms with Crippen LogP contribution in [0.3, 0.4) is 0 Å². The van der Waals surface area contributed by atoms with E-state index in [0.29, 0.717) is 47.2 Å². The molecule has 0 spiro atoms. The van der Waals surface area contributed by atoms with Gasteiger partial charge in [-0.2, -0.15) is 0 Å². The summed E-state index contributed by atoms with van der Waals surface area (Å²) < 4.78 is 5.48. The highest BCUT2D eigenvalue weighted by atomic mass is 16.5. The molecule has 3 fully saturated rings. The van der Waals surface area contributed by atoms with Crippen LogP contribution in [0.5, 0.6) is 5.75 Å². The van der Waals surface area contributed by atoms with Crippen molar-refractivity contribution in [3.63, 3.8) is 0 Å². The summed E-state index contributed by atoms with van der Waals surface area (Å²) in [6, 6.07) is 7.36. The fourth-order valence-electron chi connectivity index (χ4n) is 4.69. The summed E-state index contributed by atoms with van der Waals surface area (Å²) >= 11 is 0. The first-order chi connectivity index (χ1) is 12.6. The van der Waals surface area contributed by atoms with E-state index in [4.69, 9.17) is 4.74 Å². The molecule has 2 heterocycles. The van der Waals surface area contributed by atoms with Gasteiger partial charge in [0.15, 0.2) is 0 Å². The van der Waals surface area contributed by atoms with Gasteiger partial charge in [-0.1, -0.05) is 13.8 Å². The maximum absolute atomic E-state index is 13.2. The van der Waals surface area contributed by atoms with E-state index in [0.717, 1.165) is 10.9 Å². The van der Waals surface area contributed by atoms with Crippen LogP contribution in [0.1, 0.15) is 48.5 Å². The molecule has 2 aliphatic carbocycles. The summed E-state index contributed by atoms with van der Waals surface area (Å²) in [6.45, 7) is 4.31. The highest BCUT2D eigenvalue weighted by Gasteiger charge is 2.60. The second-order valence-corrected chi connectivity index (χ2v) is 8.30. The number of ether oxygens (including phenoxy) is 1. The topological polar surface area (TPSA) is 63.2 Å². The molecule has 2 N–H and O–H groups in total. The van der Waals surface area contributed by atoms with Crippen molar-refractivity contribution in [2.24, 2.45) is 11.8 Å². The molecule has 2 saturated carbocycles. The van der Waals surface area contributed by atoms with E-state index in [1.807, 2.05) is 18.2 Å². The Bertz CT molecular complexity index is 878. The minimum absolute atomic E-state index is 0.0227. The first kappa shape index (κ1) is 16.1. The number of hydrogen-bond acceptors (Lipinski definition) is 4. The van der Waals surface area contributed by atoms with Crippen LogP contribution in [0, 0.1) is 11.8 Å². The summed E-state index contributed by atoms with van der Waals surface area (Å²) in [6.07, 6.45) is 4.18. The van der Waals surface area contributed by atoms with Gasteiger partial charge < -0.3 is 15.4 Å². The number of rotatable bonds is 4. The molecule has 2 aromatic rings. The van der Waals surface area contributed by atoms with E-state index in [9.17, 15) is 4.79 Å². The Morgan fingerprint density at radius 2 is 2.00 bits per heavy atom. The van der Waals surface area contributed by atoms with Gasteiger partial charge in [-0.05, 0) is 54.4 Å². The summed E-state index contributed by atoms with van der Waals surface area (Å²) in [5.74, 6) is 2.23. The summed E-state index contributed by atoms with van der Waals surface area (Å²) in [5, 5.41) is 8.00. The number of hydrogen-bond donors (Lipinski definition) is 2. The standard InChI is InChI=1S/C21H25N3O2/c1-10(2)12-4-5-22-19-13(12)6-11(26-3)7-16(19)21(25)24-20-14-8-17(14)23-18-9-15(18)20/h4-7,10,14-15,17-18,20,23H,8-9H2,1-3H3,(H,24,25). The molecule has 5 rings (SSSR count). The molecule has 5 nitrogen and oxygen atoms in total. The van der Waals surface area contributed by atoms with Crippen LogP contribution in [-0.4, -0.2) is 36.1 Å². The molecule has 4 atom stereocenters. The van der Waals surface area contributed by atoms with Gasteiger partial charge in [-0.3, -0.25) is 9.78 Å². The third-order valence-corrected chi connectivity index (χ3v) is 6.28. The third-order valence-electron chi connectivity index (χ3n) is 6.28. The van der Waals surface area contributed by atoms with Gasteiger partial charge in [-0.25, -0.2) is 0 Å². The van der Waals surface area contributed by atoms with E-state index >= 15 is 0 Å².